The number of allylic oxidation sites excluding steroid dienone is 2. The summed E-state index contributed by atoms with van der Waals surface area (Å²) >= 11 is 0. The van der Waals surface area contributed by atoms with Crippen LogP contribution in [0, 0.1) is 5.41 Å². The molecule has 0 aromatic heterocycles. The number of nitrogens with one attached hydrogen (secondary N) is 1. The van der Waals surface area contributed by atoms with Gasteiger partial charge in [0.15, 0.2) is 5.78 Å². The SMILES string of the molecule is CCC1(C(=O)C2=CCCCCC2)CCNCC1. The number of carbonyl (C=O) groups excluding carboxylic acids is 1. The average molecular weight is 235 g/mol. The van der Waals surface area contributed by atoms with Crippen molar-refractivity contribution in [2.45, 2.75) is 58.3 Å². The van der Waals surface area contributed by atoms with Crippen LogP contribution in [-0.2, 0) is 4.79 Å². The summed E-state index contributed by atoms with van der Waals surface area (Å²) in [4.78, 5) is 12.8. The first kappa shape index (κ1) is 12.8. The number of hydrogen-bond acceptors (Lipinski definition) is 2. The Balaban J connectivity index is 2.12. The monoisotopic (exact) mass is 235 g/mol. The molecule has 0 unspecified atom stereocenters. The topological polar surface area (TPSA) is 29.1 Å². The van der Waals surface area contributed by atoms with Gasteiger partial charge in [0.25, 0.3) is 0 Å². The average Bonchev–Trinajstić information content (AvgIpc) is 2.67. The van der Waals surface area contributed by atoms with Crippen LogP contribution < -0.4 is 5.32 Å². The molecule has 96 valence electrons. The van der Waals surface area contributed by atoms with Gasteiger partial charge in [-0.15, -0.1) is 0 Å². The van der Waals surface area contributed by atoms with Gasteiger partial charge in [-0.1, -0.05) is 19.4 Å². The van der Waals surface area contributed by atoms with Crippen molar-refractivity contribution in [1.29, 1.82) is 0 Å². The van der Waals surface area contributed by atoms with Crippen molar-refractivity contribution in [2.75, 3.05) is 13.1 Å². The Morgan fingerprint density at radius 1 is 1.29 bits per heavy atom. The Hall–Kier alpha value is -0.630. The maximum atomic E-state index is 12.8. The van der Waals surface area contributed by atoms with Gasteiger partial charge in [0.2, 0.25) is 0 Å². The summed E-state index contributed by atoms with van der Waals surface area (Å²) in [5.74, 6) is 0.475. The quantitative estimate of drug-likeness (QED) is 0.813. The zero-order valence-corrected chi connectivity index (χ0v) is 11.1. The molecule has 1 aliphatic heterocycles. The van der Waals surface area contributed by atoms with Crippen molar-refractivity contribution >= 4 is 5.78 Å². The maximum absolute atomic E-state index is 12.8. The number of ketones is 1. The van der Waals surface area contributed by atoms with Crippen LogP contribution >= 0.6 is 0 Å². The molecule has 0 aromatic rings. The molecule has 0 atom stereocenters. The Bertz CT molecular complexity index is 300. The van der Waals surface area contributed by atoms with E-state index in [4.69, 9.17) is 0 Å². The second-order valence-electron chi connectivity index (χ2n) is 5.54. The highest BCUT2D eigenvalue weighted by atomic mass is 16.1. The number of piperidine rings is 1. The molecular formula is C15H25NO. The van der Waals surface area contributed by atoms with Crippen LogP contribution in [0.3, 0.4) is 0 Å². The van der Waals surface area contributed by atoms with Gasteiger partial charge in [-0.3, -0.25) is 4.79 Å². The van der Waals surface area contributed by atoms with E-state index in [9.17, 15) is 4.79 Å². The van der Waals surface area contributed by atoms with E-state index in [0.29, 0.717) is 5.78 Å². The van der Waals surface area contributed by atoms with Crippen molar-refractivity contribution in [3.63, 3.8) is 0 Å². The van der Waals surface area contributed by atoms with E-state index >= 15 is 0 Å². The third-order valence-electron chi connectivity index (χ3n) is 4.55. The lowest BCUT2D eigenvalue weighted by atomic mass is 9.70. The molecule has 0 radical (unpaired) electrons. The molecule has 1 heterocycles. The Kier molecular flexibility index (Phi) is 4.38. The molecular weight excluding hydrogens is 210 g/mol. The normalized spacial score (nSPS) is 24.9. The molecule has 17 heavy (non-hydrogen) atoms. The number of Topliss-reactive ketones (excluding diaryl/α,β-unsaturated/α-hetero) is 1. The Morgan fingerprint density at radius 2 is 2.06 bits per heavy atom. The zero-order chi connectivity index (χ0) is 12.1. The summed E-state index contributed by atoms with van der Waals surface area (Å²) in [5.41, 5.74) is 1.10. The highest BCUT2D eigenvalue weighted by molar-refractivity contribution is 6.00. The molecule has 2 rings (SSSR count). The molecule has 0 saturated carbocycles. The smallest absolute Gasteiger partial charge is 0.164 e. The van der Waals surface area contributed by atoms with Gasteiger partial charge >= 0.3 is 0 Å². The second kappa shape index (κ2) is 5.81. The second-order valence-corrected chi connectivity index (χ2v) is 5.54. The van der Waals surface area contributed by atoms with Crippen molar-refractivity contribution in [1.82, 2.24) is 5.32 Å². The van der Waals surface area contributed by atoms with Crippen LogP contribution in [0.15, 0.2) is 11.6 Å². The van der Waals surface area contributed by atoms with E-state index in [0.717, 1.165) is 50.8 Å². The van der Waals surface area contributed by atoms with Gasteiger partial charge in [-0.2, -0.15) is 0 Å². The fourth-order valence-corrected chi connectivity index (χ4v) is 3.21. The van der Waals surface area contributed by atoms with Gasteiger partial charge in [0, 0.05) is 5.41 Å². The van der Waals surface area contributed by atoms with Gasteiger partial charge in [0.1, 0.15) is 0 Å². The lowest BCUT2D eigenvalue weighted by molar-refractivity contribution is -0.126. The molecule has 0 amide bonds. The zero-order valence-electron chi connectivity index (χ0n) is 11.1. The predicted octanol–water partition coefficient (Wildman–Crippen LogP) is 3.23. The molecule has 2 aliphatic rings. The van der Waals surface area contributed by atoms with E-state index in [1.54, 1.807) is 0 Å². The molecule has 0 aromatic carbocycles. The molecule has 1 saturated heterocycles. The van der Waals surface area contributed by atoms with Crippen LogP contribution in [0.25, 0.3) is 0 Å². The van der Waals surface area contributed by atoms with Crippen LogP contribution in [0.5, 0.6) is 0 Å². The molecule has 0 bridgehead atoms. The third-order valence-corrected chi connectivity index (χ3v) is 4.55. The van der Waals surface area contributed by atoms with Gasteiger partial charge in [0.05, 0.1) is 0 Å². The minimum absolute atomic E-state index is 0.0403. The highest BCUT2D eigenvalue weighted by Crippen LogP contribution is 2.37. The van der Waals surface area contributed by atoms with Gasteiger partial charge in [-0.05, 0) is 63.6 Å². The summed E-state index contributed by atoms with van der Waals surface area (Å²) < 4.78 is 0. The molecule has 0 spiro atoms. The number of hydrogen-bond donors (Lipinski definition) is 1. The van der Waals surface area contributed by atoms with Crippen molar-refractivity contribution in [2.24, 2.45) is 5.41 Å². The van der Waals surface area contributed by atoms with E-state index in [1.807, 2.05) is 0 Å². The van der Waals surface area contributed by atoms with E-state index in [1.165, 1.54) is 19.3 Å². The lowest BCUT2D eigenvalue weighted by Gasteiger charge is -2.36. The fourth-order valence-electron chi connectivity index (χ4n) is 3.21. The Morgan fingerprint density at radius 3 is 2.76 bits per heavy atom. The van der Waals surface area contributed by atoms with Crippen LogP contribution in [0.2, 0.25) is 0 Å². The molecule has 1 fully saturated rings. The summed E-state index contributed by atoms with van der Waals surface area (Å²) in [7, 11) is 0. The Labute approximate surface area is 105 Å². The predicted molar refractivity (Wildman–Crippen MR) is 71.0 cm³/mol. The van der Waals surface area contributed by atoms with Crippen LogP contribution in [0.4, 0.5) is 0 Å². The summed E-state index contributed by atoms with van der Waals surface area (Å²) in [5, 5.41) is 3.37. The standard InChI is InChI=1S/C15H25NO/c1-2-15(9-11-16-12-10-15)14(17)13-7-5-3-4-6-8-13/h7,16H,2-6,8-12H2,1H3. The largest absolute Gasteiger partial charge is 0.317 e. The summed E-state index contributed by atoms with van der Waals surface area (Å²) in [6.07, 6.45) is 11.2. The van der Waals surface area contributed by atoms with E-state index in [-0.39, 0.29) is 5.41 Å². The number of rotatable bonds is 3. The highest BCUT2D eigenvalue weighted by Gasteiger charge is 2.38. The van der Waals surface area contributed by atoms with Gasteiger partial charge in [-0.25, -0.2) is 0 Å². The molecule has 1 N–H and O–H groups in total. The van der Waals surface area contributed by atoms with E-state index in [2.05, 4.69) is 18.3 Å². The van der Waals surface area contributed by atoms with Crippen LogP contribution in [0.1, 0.15) is 58.3 Å². The van der Waals surface area contributed by atoms with Gasteiger partial charge < -0.3 is 5.32 Å². The summed E-state index contributed by atoms with van der Waals surface area (Å²) in [6.45, 7) is 4.19. The first-order valence-corrected chi connectivity index (χ1v) is 7.23. The van der Waals surface area contributed by atoms with E-state index < -0.39 is 0 Å². The van der Waals surface area contributed by atoms with Crippen molar-refractivity contribution < 1.29 is 4.79 Å². The van der Waals surface area contributed by atoms with Crippen molar-refractivity contribution in [3.8, 4) is 0 Å². The number of carbonyl (C=O) groups is 1. The third kappa shape index (κ3) is 2.79. The van der Waals surface area contributed by atoms with Crippen molar-refractivity contribution in [3.05, 3.63) is 11.6 Å². The molecule has 2 heteroatoms. The molecule has 1 aliphatic carbocycles. The first-order valence-electron chi connectivity index (χ1n) is 7.23. The minimum atomic E-state index is -0.0403. The lowest BCUT2D eigenvalue weighted by Crippen LogP contribution is -2.42. The maximum Gasteiger partial charge on any atom is 0.164 e. The summed E-state index contributed by atoms with van der Waals surface area (Å²) in [6, 6.07) is 0. The molecule has 2 nitrogen and oxygen atoms in total. The first-order chi connectivity index (χ1) is 8.28. The fraction of sp³-hybridized carbons (Fsp3) is 0.800. The minimum Gasteiger partial charge on any atom is -0.317 e. The van der Waals surface area contributed by atoms with Crippen LogP contribution in [-0.4, -0.2) is 18.9 Å².